The number of urea groups is 1. The fourth-order valence-electron chi connectivity index (χ4n) is 3.97. The lowest BCUT2D eigenvalue weighted by molar-refractivity contribution is -0.123. The molecule has 3 aromatic carbocycles. The van der Waals surface area contributed by atoms with Gasteiger partial charge in [0.15, 0.2) is 0 Å². The zero-order valence-electron chi connectivity index (χ0n) is 19.1. The molecule has 1 saturated carbocycles. The van der Waals surface area contributed by atoms with Crippen LogP contribution in [0.25, 0.3) is 0 Å². The maximum Gasteiger partial charge on any atom is 0.319 e. The third-order valence-corrected chi connectivity index (χ3v) is 6.19. The van der Waals surface area contributed by atoms with Crippen molar-refractivity contribution in [3.8, 4) is 11.5 Å². The summed E-state index contributed by atoms with van der Waals surface area (Å²) in [6.07, 6.45) is 2.33. The predicted molar refractivity (Wildman–Crippen MR) is 131 cm³/mol. The van der Waals surface area contributed by atoms with E-state index in [1.54, 1.807) is 55.6 Å². The SMILES string of the molecule is COc1ccc(NC(=O)N[C@H](Cc2ccc(O)cc2)C(=O)NCC2(c3ccccc3)CC2)cc1. The largest absolute Gasteiger partial charge is 0.508 e. The number of nitrogens with one attached hydrogen (secondary N) is 3. The molecule has 1 aliphatic carbocycles. The number of amides is 3. The summed E-state index contributed by atoms with van der Waals surface area (Å²) in [5.41, 5.74) is 2.59. The van der Waals surface area contributed by atoms with Crippen molar-refractivity contribution in [1.29, 1.82) is 0 Å². The molecule has 0 unspecified atom stereocenters. The highest BCUT2D eigenvalue weighted by Gasteiger charge is 2.44. The summed E-state index contributed by atoms with van der Waals surface area (Å²) < 4.78 is 5.14. The molecule has 0 heterocycles. The molecular formula is C27H29N3O4. The van der Waals surface area contributed by atoms with E-state index in [4.69, 9.17) is 4.74 Å². The van der Waals surface area contributed by atoms with Crippen molar-refractivity contribution in [3.05, 3.63) is 90.0 Å². The highest BCUT2D eigenvalue weighted by atomic mass is 16.5. The number of phenols is 1. The Morgan fingerprint density at radius 2 is 1.65 bits per heavy atom. The number of methoxy groups -OCH3 is 1. The molecule has 1 aliphatic rings. The van der Waals surface area contributed by atoms with Gasteiger partial charge in [-0.05, 0) is 60.4 Å². The van der Waals surface area contributed by atoms with Crippen molar-refractivity contribution in [3.63, 3.8) is 0 Å². The van der Waals surface area contributed by atoms with Crippen LogP contribution in [0.5, 0.6) is 11.5 Å². The summed E-state index contributed by atoms with van der Waals surface area (Å²) in [7, 11) is 1.57. The number of hydrogen-bond donors (Lipinski definition) is 4. The Hall–Kier alpha value is -4.00. The molecule has 3 aromatic rings. The van der Waals surface area contributed by atoms with Gasteiger partial charge in [-0.2, -0.15) is 0 Å². The van der Waals surface area contributed by atoms with Gasteiger partial charge in [-0.15, -0.1) is 0 Å². The normalized spacial score (nSPS) is 14.5. The summed E-state index contributed by atoms with van der Waals surface area (Å²) in [6.45, 7) is 0.518. The number of hydrogen-bond acceptors (Lipinski definition) is 4. The molecule has 7 nitrogen and oxygen atoms in total. The van der Waals surface area contributed by atoms with E-state index in [9.17, 15) is 14.7 Å². The molecule has 3 amide bonds. The zero-order valence-corrected chi connectivity index (χ0v) is 19.1. The van der Waals surface area contributed by atoms with Crippen LogP contribution in [-0.2, 0) is 16.6 Å². The minimum atomic E-state index is -0.783. The van der Waals surface area contributed by atoms with E-state index in [1.807, 2.05) is 18.2 Å². The number of aromatic hydroxyl groups is 1. The molecule has 0 saturated heterocycles. The van der Waals surface area contributed by atoms with Crippen molar-refractivity contribution in [2.45, 2.75) is 30.7 Å². The Labute approximate surface area is 199 Å². The molecule has 0 aliphatic heterocycles. The lowest BCUT2D eigenvalue weighted by atomic mass is 9.95. The Balaban J connectivity index is 1.42. The van der Waals surface area contributed by atoms with Crippen LogP contribution < -0.4 is 20.7 Å². The standard InChI is InChI=1S/C27H29N3O4/c1-34-23-13-9-21(10-14-23)29-26(33)30-24(17-19-7-11-22(31)12-8-19)25(32)28-18-27(15-16-27)20-5-3-2-4-6-20/h2-14,24,31H,15-18H2,1H3,(H,28,32)(H2,29,30,33)/t24-/m1/s1. The first-order valence-corrected chi connectivity index (χ1v) is 11.3. The zero-order chi connectivity index (χ0) is 24.0. The van der Waals surface area contributed by atoms with Crippen LogP contribution in [0.1, 0.15) is 24.0 Å². The van der Waals surface area contributed by atoms with E-state index in [0.717, 1.165) is 18.4 Å². The second-order valence-corrected chi connectivity index (χ2v) is 8.61. The number of ether oxygens (including phenoxy) is 1. The van der Waals surface area contributed by atoms with Crippen LogP contribution >= 0.6 is 0 Å². The third-order valence-electron chi connectivity index (χ3n) is 6.19. The van der Waals surface area contributed by atoms with E-state index in [-0.39, 0.29) is 17.1 Å². The summed E-state index contributed by atoms with van der Waals surface area (Å²) in [4.78, 5) is 25.9. The van der Waals surface area contributed by atoms with Crippen molar-refractivity contribution in [2.24, 2.45) is 0 Å². The molecule has 0 radical (unpaired) electrons. The van der Waals surface area contributed by atoms with E-state index in [2.05, 4.69) is 28.1 Å². The van der Waals surface area contributed by atoms with E-state index in [0.29, 0.717) is 24.4 Å². The lowest BCUT2D eigenvalue weighted by Crippen LogP contribution is -2.50. The van der Waals surface area contributed by atoms with Crippen molar-refractivity contribution in [2.75, 3.05) is 19.0 Å². The molecule has 0 spiro atoms. The van der Waals surface area contributed by atoms with Gasteiger partial charge in [-0.25, -0.2) is 4.79 Å². The van der Waals surface area contributed by atoms with Crippen LogP contribution in [-0.4, -0.2) is 36.7 Å². The topological polar surface area (TPSA) is 99.7 Å². The Kier molecular flexibility index (Phi) is 7.01. The third kappa shape index (κ3) is 5.86. The first kappa shape index (κ1) is 23.2. The molecule has 1 fully saturated rings. The van der Waals surface area contributed by atoms with Gasteiger partial charge in [0.25, 0.3) is 0 Å². The Bertz CT molecular complexity index is 1110. The van der Waals surface area contributed by atoms with Gasteiger partial charge in [0.1, 0.15) is 17.5 Å². The molecule has 1 atom stereocenters. The van der Waals surface area contributed by atoms with Gasteiger partial charge in [-0.1, -0.05) is 42.5 Å². The number of carbonyl (C=O) groups is 2. The fourth-order valence-corrected chi connectivity index (χ4v) is 3.97. The summed E-state index contributed by atoms with van der Waals surface area (Å²) in [5, 5.41) is 18.2. The molecule has 176 valence electrons. The molecule has 4 rings (SSSR count). The maximum absolute atomic E-state index is 13.2. The van der Waals surface area contributed by atoms with Gasteiger partial charge >= 0.3 is 6.03 Å². The number of anilines is 1. The van der Waals surface area contributed by atoms with Crippen LogP contribution in [0.2, 0.25) is 0 Å². The summed E-state index contributed by atoms with van der Waals surface area (Å²) in [5.74, 6) is 0.580. The van der Waals surface area contributed by atoms with Crippen LogP contribution in [0.3, 0.4) is 0 Å². The Morgan fingerprint density at radius 1 is 0.971 bits per heavy atom. The second kappa shape index (κ2) is 10.3. The van der Waals surface area contributed by atoms with Gasteiger partial charge in [-0.3, -0.25) is 4.79 Å². The highest BCUT2D eigenvalue weighted by molar-refractivity contribution is 5.94. The molecule has 0 aromatic heterocycles. The average molecular weight is 460 g/mol. The van der Waals surface area contributed by atoms with E-state index < -0.39 is 12.1 Å². The highest BCUT2D eigenvalue weighted by Crippen LogP contribution is 2.47. The maximum atomic E-state index is 13.2. The predicted octanol–water partition coefficient (Wildman–Crippen LogP) is 3.98. The van der Waals surface area contributed by atoms with E-state index >= 15 is 0 Å². The second-order valence-electron chi connectivity index (χ2n) is 8.61. The van der Waals surface area contributed by atoms with Gasteiger partial charge < -0.3 is 25.8 Å². The molecular weight excluding hydrogens is 430 g/mol. The van der Waals surface area contributed by atoms with Crippen LogP contribution in [0.15, 0.2) is 78.9 Å². The monoisotopic (exact) mass is 459 g/mol. The molecule has 34 heavy (non-hydrogen) atoms. The minimum absolute atomic E-state index is 0.0363. The lowest BCUT2D eigenvalue weighted by Gasteiger charge is -2.22. The quantitative estimate of drug-likeness (QED) is 0.389. The number of rotatable bonds is 9. The number of phenolic OH excluding ortho intramolecular Hbond substituents is 1. The van der Waals surface area contributed by atoms with Gasteiger partial charge in [0, 0.05) is 24.1 Å². The number of carbonyl (C=O) groups excluding carboxylic acids is 2. The van der Waals surface area contributed by atoms with Gasteiger partial charge in [0.05, 0.1) is 7.11 Å². The van der Waals surface area contributed by atoms with E-state index in [1.165, 1.54) is 5.56 Å². The molecule has 4 N–H and O–H groups in total. The van der Waals surface area contributed by atoms with Gasteiger partial charge in [0.2, 0.25) is 5.91 Å². The smallest absolute Gasteiger partial charge is 0.319 e. The first-order valence-electron chi connectivity index (χ1n) is 11.3. The van der Waals surface area contributed by atoms with Crippen molar-refractivity contribution in [1.82, 2.24) is 10.6 Å². The van der Waals surface area contributed by atoms with Crippen LogP contribution in [0.4, 0.5) is 10.5 Å². The summed E-state index contributed by atoms with van der Waals surface area (Å²) >= 11 is 0. The molecule has 0 bridgehead atoms. The first-order chi connectivity index (χ1) is 16.5. The fraction of sp³-hybridized carbons (Fsp3) is 0.259. The minimum Gasteiger partial charge on any atom is -0.508 e. The van der Waals surface area contributed by atoms with Crippen molar-refractivity contribution < 1.29 is 19.4 Å². The number of benzene rings is 3. The molecule has 7 heteroatoms. The average Bonchev–Trinajstić information content (AvgIpc) is 3.66. The summed E-state index contributed by atoms with van der Waals surface area (Å²) in [6, 6.07) is 22.5. The Morgan fingerprint density at radius 3 is 2.26 bits per heavy atom. The van der Waals surface area contributed by atoms with Crippen molar-refractivity contribution >= 4 is 17.6 Å². The van der Waals surface area contributed by atoms with Crippen LogP contribution in [0, 0.1) is 0 Å².